The number of likely N-dealkylation sites (tertiary alicyclic amines) is 1. The SMILES string of the molecule is Cc1ccc(S(=O)(=O)C2(C(=O)N3CCCC3)CC2)cc1. The highest BCUT2D eigenvalue weighted by molar-refractivity contribution is 7.94. The van der Waals surface area contributed by atoms with Crippen molar-refractivity contribution < 1.29 is 13.2 Å². The van der Waals surface area contributed by atoms with Crippen LogP contribution in [0, 0.1) is 6.92 Å². The molecule has 0 atom stereocenters. The Labute approximate surface area is 119 Å². The molecule has 0 N–H and O–H groups in total. The number of sulfone groups is 1. The summed E-state index contributed by atoms with van der Waals surface area (Å²) in [5.74, 6) is -0.185. The fraction of sp³-hybridized carbons (Fsp3) is 0.533. The minimum Gasteiger partial charge on any atom is -0.341 e. The first-order valence-corrected chi connectivity index (χ1v) is 8.56. The fourth-order valence-electron chi connectivity index (χ4n) is 2.86. The van der Waals surface area contributed by atoms with Gasteiger partial charge in [-0.1, -0.05) is 17.7 Å². The highest BCUT2D eigenvalue weighted by atomic mass is 32.2. The van der Waals surface area contributed by atoms with Crippen molar-refractivity contribution in [3.8, 4) is 0 Å². The van der Waals surface area contributed by atoms with Gasteiger partial charge in [0.25, 0.3) is 0 Å². The van der Waals surface area contributed by atoms with Crippen LogP contribution in [-0.4, -0.2) is 37.1 Å². The Kier molecular flexibility index (Phi) is 3.12. The van der Waals surface area contributed by atoms with E-state index in [-0.39, 0.29) is 10.8 Å². The zero-order valence-electron chi connectivity index (χ0n) is 11.6. The van der Waals surface area contributed by atoms with E-state index in [0.717, 1.165) is 18.4 Å². The predicted molar refractivity (Wildman–Crippen MR) is 76.1 cm³/mol. The Balaban J connectivity index is 1.94. The molecule has 3 rings (SSSR count). The maximum atomic E-state index is 12.8. The number of aryl methyl sites for hydroxylation is 1. The van der Waals surface area contributed by atoms with Crippen LogP contribution in [0.2, 0.25) is 0 Å². The molecule has 4 nitrogen and oxygen atoms in total. The van der Waals surface area contributed by atoms with Crippen molar-refractivity contribution in [2.45, 2.75) is 42.2 Å². The molecule has 2 aliphatic rings. The number of benzene rings is 1. The van der Waals surface area contributed by atoms with Gasteiger partial charge in [0, 0.05) is 13.1 Å². The minimum atomic E-state index is -3.57. The maximum Gasteiger partial charge on any atom is 0.244 e. The van der Waals surface area contributed by atoms with Crippen molar-refractivity contribution in [3.05, 3.63) is 29.8 Å². The molecule has 2 fully saturated rings. The Hall–Kier alpha value is -1.36. The summed E-state index contributed by atoms with van der Waals surface area (Å²) in [5.41, 5.74) is 1.01. The number of rotatable bonds is 3. The molecule has 1 amide bonds. The van der Waals surface area contributed by atoms with Crippen molar-refractivity contribution in [3.63, 3.8) is 0 Å². The van der Waals surface area contributed by atoms with Gasteiger partial charge in [0.15, 0.2) is 14.6 Å². The van der Waals surface area contributed by atoms with E-state index in [0.29, 0.717) is 25.9 Å². The zero-order valence-corrected chi connectivity index (χ0v) is 12.4. The third-order valence-electron chi connectivity index (χ3n) is 4.33. The van der Waals surface area contributed by atoms with Crippen LogP contribution in [-0.2, 0) is 14.6 Å². The molecule has 20 heavy (non-hydrogen) atoms. The van der Waals surface area contributed by atoms with E-state index in [1.807, 2.05) is 6.92 Å². The number of carbonyl (C=O) groups is 1. The Bertz CT molecular complexity index is 624. The molecule has 1 saturated carbocycles. The smallest absolute Gasteiger partial charge is 0.244 e. The molecule has 0 radical (unpaired) electrons. The van der Waals surface area contributed by atoms with Crippen LogP contribution in [0.25, 0.3) is 0 Å². The second-order valence-electron chi connectivity index (χ2n) is 5.81. The van der Waals surface area contributed by atoms with Crippen LogP contribution in [0.5, 0.6) is 0 Å². The van der Waals surface area contributed by atoms with Gasteiger partial charge in [-0.15, -0.1) is 0 Å². The van der Waals surface area contributed by atoms with Gasteiger partial charge >= 0.3 is 0 Å². The van der Waals surface area contributed by atoms with E-state index in [2.05, 4.69) is 0 Å². The van der Waals surface area contributed by atoms with Crippen LogP contribution in [0.15, 0.2) is 29.2 Å². The maximum absolute atomic E-state index is 12.8. The van der Waals surface area contributed by atoms with Crippen molar-refractivity contribution in [1.82, 2.24) is 4.90 Å². The molecular formula is C15H19NO3S. The molecule has 0 bridgehead atoms. The standard InChI is InChI=1S/C15H19NO3S/c1-12-4-6-13(7-5-12)20(18,19)15(8-9-15)14(17)16-10-2-3-11-16/h4-7H,2-3,8-11H2,1H3. The van der Waals surface area contributed by atoms with E-state index in [1.165, 1.54) is 0 Å². The number of nitrogens with zero attached hydrogens (tertiary/aromatic N) is 1. The average Bonchev–Trinajstić information content (AvgIpc) is 3.07. The highest BCUT2D eigenvalue weighted by Gasteiger charge is 2.62. The lowest BCUT2D eigenvalue weighted by molar-refractivity contribution is -0.130. The second-order valence-corrected chi connectivity index (χ2v) is 8.07. The summed E-state index contributed by atoms with van der Waals surface area (Å²) >= 11 is 0. The van der Waals surface area contributed by atoms with Gasteiger partial charge in [-0.2, -0.15) is 0 Å². The highest BCUT2D eigenvalue weighted by Crippen LogP contribution is 2.48. The molecule has 1 aromatic rings. The molecule has 1 heterocycles. The van der Waals surface area contributed by atoms with Gasteiger partial charge in [-0.05, 0) is 44.7 Å². The van der Waals surface area contributed by atoms with E-state index in [9.17, 15) is 13.2 Å². The van der Waals surface area contributed by atoms with Gasteiger partial charge in [-0.25, -0.2) is 8.42 Å². The van der Waals surface area contributed by atoms with Crippen LogP contribution < -0.4 is 0 Å². The van der Waals surface area contributed by atoms with E-state index >= 15 is 0 Å². The Morgan fingerprint density at radius 2 is 1.65 bits per heavy atom. The largest absolute Gasteiger partial charge is 0.341 e. The summed E-state index contributed by atoms with van der Waals surface area (Å²) in [4.78, 5) is 14.6. The van der Waals surface area contributed by atoms with Crippen molar-refractivity contribution in [2.75, 3.05) is 13.1 Å². The van der Waals surface area contributed by atoms with Gasteiger partial charge in [0.2, 0.25) is 5.91 Å². The Morgan fingerprint density at radius 1 is 1.10 bits per heavy atom. The van der Waals surface area contributed by atoms with Crippen LogP contribution >= 0.6 is 0 Å². The van der Waals surface area contributed by atoms with E-state index in [1.54, 1.807) is 29.2 Å². The van der Waals surface area contributed by atoms with Gasteiger partial charge in [-0.3, -0.25) is 4.79 Å². The first kappa shape index (κ1) is 13.6. The molecule has 0 spiro atoms. The summed E-state index contributed by atoms with van der Waals surface area (Å²) in [7, 11) is -3.57. The fourth-order valence-corrected chi connectivity index (χ4v) is 4.81. The molecule has 0 aromatic heterocycles. The summed E-state index contributed by atoms with van der Waals surface area (Å²) < 4.78 is 24.4. The van der Waals surface area contributed by atoms with Crippen LogP contribution in [0.3, 0.4) is 0 Å². The van der Waals surface area contributed by atoms with Crippen LogP contribution in [0.1, 0.15) is 31.2 Å². The van der Waals surface area contributed by atoms with Gasteiger partial charge < -0.3 is 4.90 Å². The number of hydrogen-bond donors (Lipinski definition) is 0. The molecular weight excluding hydrogens is 274 g/mol. The Morgan fingerprint density at radius 3 is 2.15 bits per heavy atom. The molecule has 1 aliphatic heterocycles. The number of hydrogen-bond acceptors (Lipinski definition) is 3. The third kappa shape index (κ3) is 1.95. The number of amides is 1. The average molecular weight is 293 g/mol. The normalized spacial score (nSPS) is 20.9. The topological polar surface area (TPSA) is 54.5 Å². The molecule has 1 aromatic carbocycles. The van der Waals surface area contributed by atoms with Gasteiger partial charge in [0.05, 0.1) is 4.90 Å². The van der Waals surface area contributed by atoms with Gasteiger partial charge in [0.1, 0.15) is 0 Å². The van der Waals surface area contributed by atoms with Crippen molar-refractivity contribution in [2.24, 2.45) is 0 Å². The summed E-state index contributed by atoms with van der Waals surface area (Å²) in [6, 6.07) is 6.79. The minimum absolute atomic E-state index is 0.185. The van der Waals surface area contributed by atoms with Crippen molar-refractivity contribution >= 4 is 15.7 Å². The lowest BCUT2D eigenvalue weighted by Gasteiger charge is -2.22. The third-order valence-corrected chi connectivity index (χ3v) is 6.84. The first-order chi connectivity index (χ1) is 9.47. The quantitative estimate of drug-likeness (QED) is 0.855. The first-order valence-electron chi connectivity index (χ1n) is 7.08. The summed E-state index contributed by atoms with van der Waals surface area (Å²) in [6.07, 6.45) is 2.87. The molecule has 108 valence electrons. The second kappa shape index (κ2) is 4.58. The predicted octanol–water partition coefficient (Wildman–Crippen LogP) is 1.92. The lowest BCUT2D eigenvalue weighted by atomic mass is 10.2. The number of carbonyl (C=O) groups excluding carboxylic acids is 1. The van der Waals surface area contributed by atoms with Crippen LogP contribution in [0.4, 0.5) is 0 Å². The zero-order chi connectivity index (χ0) is 14.4. The monoisotopic (exact) mass is 293 g/mol. The summed E-state index contributed by atoms with van der Waals surface area (Å²) in [6.45, 7) is 3.31. The molecule has 5 heteroatoms. The molecule has 1 saturated heterocycles. The van der Waals surface area contributed by atoms with Crippen molar-refractivity contribution in [1.29, 1.82) is 0 Å². The molecule has 1 aliphatic carbocycles. The van der Waals surface area contributed by atoms with E-state index in [4.69, 9.17) is 0 Å². The van der Waals surface area contributed by atoms with E-state index < -0.39 is 14.6 Å². The summed E-state index contributed by atoms with van der Waals surface area (Å²) in [5, 5.41) is 0. The molecule has 0 unspecified atom stereocenters. The lowest BCUT2D eigenvalue weighted by Crippen LogP contribution is -2.43.